The molecule has 25 heavy (non-hydrogen) atoms. The highest BCUT2D eigenvalue weighted by atomic mass is 32.2. The third-order valence-electron chi connectivity index (χ3n) is 3.85. The zero-order chi connectivity index (χ0) is 17.9. The Hall–Kier alpha value is -2.25. The van der Waals surface area contributed by atoms with E-state index in [0.717, 1.165) is 5.56 Å². The van der Waals surface area contributed by atoms with Crippen LogP contribution < -0.4 is 14.2 Å². The maximum absolute atomic E-state index is 12.7. The molecule has 0 aliphatic carbocycles. The number of hydrogen-bond donors (Lipinski definition) is 0. The van der Waals surface area contributed by atoms with Crippen molar-refractivity contribution in [3.05, 3.63) is 48.0 Å². The van der Waals surface area contributed by atoms with E-state index >= 15 is 0 Å². The largest absolute Gasteiger partial charge is 0.494 e. The molecule has 0 saturated carbocycles. The van der Waals surface area contributed by atoms with Crippen LogP contribution in [0, 0.1) is 0 Å². The first kappa shape index (κ1) is 17.6. The molecule has 0 bridgehead atoms. The van der Waals surface area contributed by atoms with Crippen molar-refractivity contribution in [2.45, 2.75) is 18.4 Å². The average Bonchev–Trinajstić information content (AvgIpc) is 2.62. The highest BCUT2D eigenvalue weighted by Gasteiger charge is 2.22. The Kier molecular flexibility index (Phi) is 5.15. The Morgan fingerprint density at radius 3 is 2.40 bits per heavy atom. The van der Waals surface area contributed by atoms with Crippen LogP contribution >= 0.6 is 0 Å². The van der Waals surface area contributed by atoms with Crippen LogP contribution in [-0.4, -0.2) is 39.6 Å². The van der Waals surface area contributed by atoms with E-state index in [-0.39, 0.29) is 11.4 Å². The van der Waals surface area contributed by atoms with Gasteiger partial charge >= 0.3 is 0 Å². The molecule has 0 fully saturated rings. The molecule has 0 atom stereocenters. The second kappa shape index (κ2) is 7.33. The molecule has 0 spiro atoms. The van der Waals surface area contributed by atoms with Gasteiger partial charge in [0, 0.05) is 13.6 Å². The van der Waals surface area contributed by atoms with Crippen LogP contribution in [0.15, 0.2) is 47.4 Å². The molecule has 1 heterocycles. The summed E-state index contributed by atoms with van der Waals surface area (Å²) in [6, 6.07) is 11.9. The normalized spacial score (nSPS) is 13.7. The molecule has 1 aliphatic rings. The monoisotopic (exact) mass is 363 g/mol. The lowest BCUT2D eigenvalue weighted by molar-refractivity contribution is 0.171. The first-order valence-electron chi connectivity index (χ1n) is 8.08. The van der Waals surface area contributed by atoms with Crippen molar-refractivity contribution in [1.82, 2.24) is 4.31 Å². The van der Waals surface area contributed by atoms with Crippen molar-refractivity contribution in [3.8, 4) is 17.2 Å². The zero-order valence-corrected chi connectivity index (χ0v) is 15.1. The Bertz CT molecular complexity index is 833. The standard InChI is InChI=1S/C18H21NO5S/c1-3-22-15-5-7-16(8-6-15)25(20,21)19(2)13-14-4-9-17-18(12-14)24-11-10-23-17/h4-9,12H,3,10-11,13H2,1-2H3. The van der Waals surface area contributed by atoms with E-state index in [4.69, 9.17) is 14.2 Å². The molecule has 0 saturated heterocycles. The van der Waals surface area contributed by atoms with E-state index < -0.39 is 10.0 Å². The number of hydrogen-bond acceptors (Lipinski definition) is 5. The molecule has 0 radical (unpaired) electrons. The Labute approximate surface area is 148 Å². The van der Waals surface area contributed by atoms with Crippen molar-refractivity contribution in [2.24, 2.45) is 0 Å². The van der Waals surface area contributed by atoms with Crippen LogP contribution in [0.2, 0.25) is 0 Å². The lowest BCUT2D eigenvalue weighted by atomic mass is 10.2. The maximum Gasteiger partial charge on any atom is 0.243 e. The van der Waals surface area contributed by atoms with Gasteiger partial charge in [0.05, 0.1) is 11.5 Å². The summed E-state index contributed by atoms with van der Waals surface area (Å²) in [6.07, 6.45) is 0. The summed E-state index contributed by atoms with van der Waals surface area (Å²) in [5, 5.41) is 0. The molecule has 134 valence electrons. The zero-order valence-electron chi connectivity index (χ0n) is 14.3. The highest BCUT2D eigenvalue weighted by molar-refractivity contribution is 7.89. The van der Waals surface area contributed by atoms with Crippen molar-refractivity contribution in [3.63, 3.8) is 0 Å². The van der Waals surface area contributed by atoms with Crippen LogP contribution in [0.3, 0.4) is 0 Å². The predicted octanol–water partition coefficient (Wildman–Crippen LogP) is 2.68. The first-order chi connectivity index (χ1) is 12.0. The smallest absolute Gasteiger partial charge is 0.243 e. The molecule has 1 aliphatic heterocycles. The fourth-order valence-electron chi connectivity index (χ4n) is 2.58. The molecule has 2 aromatic rings. The molecule has 6 nitrogen and oxygen atoms in total. The number of benzene rings is 2. The summed E-state index contributed by atoms with van der Waals surface area (Å²) in [7, 11) is -2.03. The van der Waals surface area contributed by atoms with Crippen molar-refractivity contribution >= 4 is 10.0 Å². The summed E-state index contributed by atoms with van der Waals surface area (Å²) in [4.78, 5) is 0.232. The van der Waals surface area contributed by atoms with Gasteiger partial charge in [-0.15, -0.1) is 0 Å². The number of ether oxygens (including phenoxy) is 3. The van der Waals surface area contributed by atoms with E-state index in [2.05, 4.69) is 0 Å². The lowest BCUT2D eigenvalue weighted by Gasteiger charge is -2.21. The first-order valence-corrected chi connectivity index (χ1v) is 9.52. The Balaban J connectivity index is 1.76. The Morgan fingerprint density at radius 1 is 1.04 bits per heavy atom. The minimum absolute atomic E-state index is 0.232. The second-order valence-corrected chi connectivity index (χ2v) is 7.69. The molecular formula is C18H21NO5S. The molecular weight excluding hydrogens is 342 g/mol. The molecule has 7 heteroatoms. The number of fused-ring (bicyclic) bond motifs is 1. The third-order valence-corrected chi connectivity index (χ3v) is 5.67. The van der Waals surface area contributed by atoms with Gasteiger partial charge in [0.25, 0.3) is 0 Å². The molecule has 3 rings (SSSR count). The number of sulfonamides is 1. The van der Waals surface area contributed by atoms with Crippen molar-refractivity contribution in [2.75, 3.05) is 26.9 Å². The number of nitrogens with zero attached hydrogens (tertiary/aromatic N) is 1. The molecule has 0 amide bonds. The molecule has 0 unspecified atom stereocenters. The molecule has 0 N–H and O–H groups in total. The average molecular weight is 363 g/mol. The highest BCUT2D eigenvalue weighted by Crippen LogP contribution is 2.31. The summed E-state index contributed by atoms with van der Waals surface area (Å²) < 4.78 is 43.1. The summed E-state index contributed by atoms with van der Waals surface area (Å²) in [5.41, 5.74) is 0.835. The number of rotatable bonds is 6. The predicted molar refractivity (Wildman–Crippen MR) is 93.7 cm³/mol. The van der Waals surface area contributed by atoms with Gasteiger partial charge in [0.2, 0.25) is 10.0 Å². The molecule has 0 aromatic heterocycles. The van der Waals surface area contributed by atoms with Gasteiger partial charge in [-0.2, -0.15) is 4.31 Å². The fraction of sp³-hybridized carbons (Fsp3) is 0.333. The van der Waals surface area contributed by atoms with Gasteiger partial charge in [-0.25, -0.2) is 8.42 Å². The minimum atomic E-state index is -3.58. The van der Waals surface area contributed by atoms with E-state index in [1.165, 1.54) is 4.31 Å². The van der Waals surface area contributed by atoms with Crippen LogP contribution in [0.5, 0.6) is 17.2 Å². The van der Waals surface area contributed by atoms with Gasteiger partial charge < -0.3 is 14.2 Å². The van der Waals surface area contributed by atoms with Gasteiger partial charge in [0.15, 0.2) is 11.5 Å². The summed E-state index contributed by atoms with van der Waals surface area (Å²) in [5.74, 6) is 1.98. The van der Waals surface area contributed by atoms with E-state index in [9.17, 15) is 8.42 Å². The van der Waals surface area contributed by atoms with Gasteiger partial charge in [-0.1, -0.05) is 6.07 Å². The van der Waals surface area contributed by atoms with Crippen LogP contribution in [0.25, 0.3) is 0 Å². The fourth-order valence-corrected chi connectivity index (χ4v) is 3.74. The van der Waals surface area contributed by atoms with Gasteiger partial charge in [-0.05, 0) is 48.9 Å². The van der Waals surface area contributed by atoms with Crippen LogP contribution in [-0.2, 0) is 16.6 Å². The van der Waals surface area contributed by atoms with Gasteiger partial charge in [-0.3, -0.25) is 0 Å². The molecule has 2 aromatic carbocycles. The van der Waals surface area contributed by atoms with Crippen molar-refractivity contribution in [1.29, 1.82) is 0 Å². The third kappa shape index (κ3) is 3.88. The van der Waals surface area contributed by atoms with E-state index in [1.54, 1.807) is 37.4 Å². The Morgan fingerprint density at radius 2 is 1.72 bits per heavy atom. The SMILES string of the molecule is CCOc1ccc(S(=O)(=O)N(C)Cc2ccc3c(c2)OCCO3)cc1. The van der Waals surface area contributed by atoms with E-state index in [1.807, 2.05) is 19.1 Å². The van der Waals surface area contributed by atoms with E-state index in [0.29, 0.717) is 37.1 Å². The van der Waals surface area contributed by atoms with Gasteiger partial charge in [0.1, 0.15) is 19.0 Å². The van der Waals surface area contributed by atoms with Crippen LogP contribution in [0.1, 0.15) is 12.5 Å². The summed E-state index contributed by atoms with van der Waals surface area (Å²) >= 11 is 0. The second-order valence-electron chi connectivity index (χ2n) is 5.64. The quantitative estimate of drug-likeness (QED) is 0.789. The topological polar surface area (TPSA) is 65.1 Å². The lowest BCUT2D eigenvalue weighted by Crippen LogP contribution is -2.26. The maximum atomic E-state index is 12.7. The summed E-state index contributed by atoms with van der Waals surface area (Å²) in [6.45, 7) is 3.68. The van der Waals surface area contributed by atoms with Crippen LogP contribution in [0.4, 0.5) is 0 Å². The van der Waals surface area contributed by atoms with Crippen molar-refractivity contribution < 1.29 is 22.6 Å². The minimum Gasteiger partial charge on any atom is -0.494 e.